The van der Waals surface area contributed by atoms with E-state index in [4.69, 9.17) is 23.2 Å². The van der Waals surface area contributed by atoms with Crippen molar-refractivity contribution in [1.82, 2.24) is 0 Å². The lowest BCUT2D eigenvalue weighted by Gasteiger charge is -2.38. The van der Waals surface area contributed by atoms with E-state index < -0.39 is 0 Å². The van der Waals surface area contributed by atoms with Gasteiger partial charge in [0.05, 0.1) is 11.0 Å². The molecule has 4 nitrogen and oxygen atoms in total. The molecule has 2 aliphatic rings. The standard InChI is InChI=1S/C18H14Cl2N2O2/c19-11-8-15(20)17-13-5-2-6-14(13)18(21-16(17)9-11)10-3-1-4-12(7-10)22(23)24/h1-5,7-9,13-14,18,21H,6H2/t13-,14-,18-/m0/s1. The molecule has 0 saturated heterocycles. The van der Waals surface area contributed by atoms with Gasteiger partial charge in [0.15, 0.2) is 0 Å². The first-order chi connectivity index (χ1) is 11.5. The number of anilines is 1. The fraction of sp³-hybridized carbons (Fsp3) is 0.222. The van der Waals surface area contributed by atoms with E-state index in [9.17, 15) is 10.1 Å². The van der Waals surface area contributed by atoms with E-state index in [1.165, 1.54) is 6.07 Å². The quantitative estimate of drug-likeness (QED) is 0.422. The van der Waals surface area contributed by atoms with Crippen molar-refractivity contribution in [2.45, 2.75) is 18.4 Å². The van der Waals surface area contributed by atoms with Crippen LogP contribution in [-0.4, -0.2) is 4.92 Å². The number of nitro benzene ring substituents is 1. The zero-order chi connectivity index (χ0) is 16.8. The Bertz CT molecular complexity index is 866. The minimum Gasteiger partial charge on any atom is -0.378 e. The third-order valence-electron chi connectivity index (χ3n) is 4.82. The first kappa shape index (κ1) is 15.5. The number of non-ortho nitro benzene ring substituents is 1. The van der Waals surface area contributed by atoms with Crippen molar-refractivity contribution in [2.75, 3.05) is 5.32 Å². The van der Waals surface area contributed by atoms with Crippen LogP contribution in [0.3, 0.4) is 0 Å². The van der Waals surface area contributed by atoms with Gasteiger partial charge >= 0.3 is 0 Å². The third kappa shape index (κ3) is 2.46. The highest BCUT2D eigenvalue weighted by molar-refractivity contribution is 6.35. The van der Waals surface area contributed by atoms with Crippen LogP contribution >= 0.6 is 23.2 Å². The van der Waals surface area contributed by atoms with Crippen LogP contribution in [0.5, 0.6) is 0 Å². The minimum atomic E-state index is -0.363. The normalized spacial score (nSPS) is 24.2. The van der Waals surface area contributed by atoms with Crippen molar-refractivity contribution in [2.24, 2.45) is 5.92 Å². The molecule has 2 aromatic rings. The fourth-order valence-corrected chi connectivity index (χ4v) is 4.42. The second kappa shape index (κ2) is 5.80. The van der Waals surface area contributed by atoms with Crippen LogP contribution in [0, 0.1) is 16.0 Å². The van der Waals surface area contributed by atoms with E-state index in [-0.39, 0.29) is 28.5 Å². The summed E-state index contributed by atoms with van der Waals surface area (Å²) in [4.78, 5) is 10.7. The van der Waals surface area contributed by atoms with Crippen LogP contribution in [0.25, 0.3) is 0 Å². The summed E-state index contributed by atoms with van der Waals surface area (Å²) in [5, 5.41) is 15.8. The number of halogens is 2. The van der Waals surface area contributed by atoms with Crippen LogP contribution in [0.15, 0.2) is 48.6 Å². The molecule has 0 bridgehead atoms. The van der Waals surface area contributed by atoms with Gasteiger partial charge in [0.25, 0.3) is 5.69 Å². The van der Waals surface area contributed by atoms with Crippen LogP contribution in [0.2, 0.25) is 10.0 Å². The molecule has 24 heavy (non-hydrogen) atoms. The number of nitrogens with zero attached hydrogens (tertiary/aromatic N) is 1. The Morgan fingerprint density at radius 2 is 2.04 bits per heavy atom. The van der Waals surface area contributed by atoms with Gasteiger partial charge < -0.3 is 5.32 Å². The number of nitro groups is 1. The van der Waals surface area contributed by atoms with Gasteiger partial charge in [-0.2, -0.15) is 0 Å². The van der Waals surface area contributed by atoms with Gasteiger partial charge in [-0.1, -0.05) is 47.5 Å². The van der Waals surface area contributed by atoms with Crippen molar-refractivity contribution < 1.29 is 4.92 Å². The van der Waals surface area contributed by atoms with Gasteiger partial charge in [-0.3, -0.25) is 10.1 Å². The molecule has 3 atom stereocenters. The van der Waals surface area contributed by atoms with Gasteiger partial charge in [0.1, 0.15) is 0 Å². The Labute approximate surface area is 149 Å². The molecule has 6 heteroatoms. The van der Waals surface area contributed by atoms with Crippen LogP contribution in [0.1, 0.15) is 29.5 Å². The van der Waals surface area contributed by atoms with Crippen molar-refractivity contribution in [3.05, 3.63) is 79.8 Å². The number of benzene rings is 2. The molecule has 122 valence electrons. The van der Waals surface area contributed by atoms with Gasteiger partial charge in [0.2, 0.25) is 0 Å². The highest BCUT2D eigenvalue weighted by Gasteiger charge is 2.39. The Kier molecular flexibility index (Phi) is 3.74. The molecule has 0 unspecified atom stereocenters. The molecule has 1 aliphatic carbocycles. The molecule has 0 saturated carbocycles. The van der Waals surface area contributed by atoms with Crippen LogP contribution in [-0.2, 0) is 0 Å². The molecule has 4 rings (SSSR count). The number of hydrogen-bond acceptors (Lipinski definition) is 3. The molecule has 0 fully saturated rings. The van der Waals surface area contributed by atoms with Gasteiger partial charge in [-0.05, 0) is 30.0 Å². The molecule has 0 aromatic heterocycles. The molecule has 2 aromatic carbocycles. The lowest BCUT2D eigenvalue weighted by atomic mass is 9.77. The average Bonchev–Trinajstić information content (AvgIpc) is 3.02. The van der Waals surface area contributed by atoms with E-state index >= 15 is 0 Å². The lowest BCUT2D eigenvalue weighted by Crippen LogP contribution is -2.29. The largest absolute Gasteiger partial charge is 0.378 e. The second-order valence-electron chi connectivity index (χ2n) is 6.18. The molecule has 0 spiro atoms. The minimum absolute atomic E-state index is 0.0214. The summed E-state index contributed by atoms with van der Waals surface area (Å²) in [7, 11) is 0. The molecule has 1 heterocycles. The summed E-state index contributed by atoms with van der Waals surface area (Å²) in [6.07, 6.45) is 5.24. The summed E-state index contributed by atoms with van der Waals surface area (Å²) in [6.45, 7) is 0. The SMILES string of the molecule is O=[N+]([O-])c1cccc([C@@H]2Nc3cc(Cl)cc(Cl)c3[C@H]3C=CC[C@@H]32)c1. The van der Waals surface area contributed by atoms with E-state index in [0.717, 1.165) is 23.2 Å². The number of allylic oxidation sites excluding steroid dienone is 2. The number of rotatable bonds is 2. The summed E-state index contributed by atoms with van der Waals surface area (Å²) >= 11 is 12.6. The maximum absolute atomic E-state index is 11.1. The lowest BCUT2D eigenvalue weighted by molar-refractivity contribution is -0.384. The van der Waals surface area contributed by atoms with Crippen LogP contribution < -0.4 is 5.32 Å². The summed E-state index contributed by atoms with van der Waals surface area (Å²) in [5.41, 5.74) is 2.97. The summed E-state index contributed by atoms with van der Waals surface area (Å²) < 4.78 is 0. The fourth-order valence-electron chi connectivity index (χ4n) is 3.81. The molecule has 0 amide bonds. The first-order valence-corrected chi connectivity index (χ1v) is 8.46. The molecular weight excluding hydrogens is 347 g/mol. The zero-order valence-electron chi connectivity index (χ0n) is 12.6. The van der Waals surface area contributed by atoms with E-state index in [2.05, 4.69) is 17.5 Å². The first-order valence-electron chi connectivity index (χ1n) is 7.71. The monoisotopic (exact) mass is 360 g/mol. The van der Waals surface area contributed by atoms with Crippen molar-refractivity contribution >= 4 is 34.6 Å². The number of nitrogens with one attached hydrogen (secondary N) is 1. The average molecular weight is 361 g/mol. The topological polar surface area (TPSA) is 55.2 Å². The van der Waals surface area contributed by atoms with E-state index in [0.29, 0.717) is 10.0 Å². The Morgan fingerprint density at radius 3 is 2.83 bits per heavy atom. The van der Waals surface area contributed by atoms with Gasteiger partial charge in [-0.15, -0.1) is 0 Å². The number of hydrogen-bond donors (Lipinski definition) is 1. The Hall–Kier alpha value is -2.04. The van der Waals surface area contributed by atoms with Crippen LogP contribution in [0.4, 0.5) is 11.4 Å². The third-order valence-corrected chi connectivity index (χ3v) is 5.35. The molecular formula is C18H14Cl2N2O2. The smallest absolute Gasteiger partial charge is 0.269 e. The van der Waals surface area contributed by atoms with E-state index in [1.807, 2.05) is 12.1 Å². The number of fused-ring (bicyclic) bond motifs is 3. The molecule has 1 N–H and O–H groups in total. The predicted octanol–water partition coefficient (Wildman–Crippen LogP) is 5.73. The highest BCUT2D eigenvalue weighted by Crippen LogP contribution is 2.52. The predicted molar refractivity (Wildman–Crippen MR) is 95.9 cm³/mol. The maximum Gasteiger partial charge on any atom is 0.269 e. The van der Waals surface area contributed by atoms with Crippen molar-refractivity contribution in [3.63, 3.8) is 0 Å². The summed E-state index contributed by atoms with van der Waals surface area (Å²) in [5.74, 6) is 0.466. The van der Waals surface area contributed by atoms with Gasteiger partial charge in [0, 0.05) is 39.3 Å². The highest BCUT2D eigenvalue weighted by atomic mass is 35.5. The second-order valence-corrected chi connectivity index (χ2v) is 7.02. The van der Waals surface area contributed by atoms with Crippen molar-refractivity contribution in [3.8, 4) is 0 Å². The van der Waals surface area contributed by atoms with Gasteiger partial charge in [-0.25, -0.2) is 0 Å². The zero-order valence-corrected chi connectivity index (χ0v) is 14.1. The summed E-state index contributed by atoms with van der Waals surface area (Å²) in [6, 6.07) is 10.4. The Morgan fingerprint density at radius 1 is 1.21 bits per heavy atom. The van der Waals surface area contributed by atoms with E-state index in [1.54, 1.807) is 18.2 Å². The molecule has 0 radical (unpaired) electrons. The Balaban J connectivity index is 1.81. The molecule has 1 aliphatic heterocycles. The van der Waals surface area contributed by atoms with Crippen molar-refractivity contribution in [1.29, 1.82) is 0 Å². The maximum atomic E-state index is 11.1.